The number of carbonyl (C=O) groups excluding carboxylic acids is 2. The highest BCUT2D eigenvalue weighted by atomic mass is 16.5. The molecule has 0 aliphatic carbocycles. The molecule has 28 heavy (non-hydrogen) atoms. The predicted octanol–water partition coefficient (Wildman–Crippen LogP) is 4.14. The number of methoxy groups -OCH3 is 2. The van der Waals surface area contributed by atoms with Crippen LogP contribution in [-0.2, 0) is 0 Å². The van der Waals surface area contributed by atoms with Crippen LogP contribution in [-0.4, -0.2) is 26.2 Å². The lowest BCUT2D eigenvalue weighted by molar-refractivity contribution is 0.0728. The Morgan fingerprint density at radius 2 is 1.14 bits per heavy atom. The van der Waals surface area contributed by atoms with Crippen LogP contribution in [0.25, 0.3) is 0 Å². The summed E-state index contributed by atoms with van der Waals surface area (Å²) in [7, 11) is 3.04. The van der Waals surface area contributed by atoms with Gasteiger partial charge in [0.15, 0.2) is 0 Å². The third kappa shape index (κ3) is 4.48. The highest BCUT2D eigenvalue weighted by Crippen LogP contribution is 2.22. The largest absolute Gasteiger partial charge is 0.497 e. The molecule has 0 fully saturated rings. The summed E-state index contributed by atoms with van der Waals surface area (Å²) < 4.78 is 20.9. The lowest BCUT2D eigenvalue weighted by Crippen LogP contribution is -2.11. The second-order valence-corrected chi connectivity index (χ2v) is 5.68. The normalized spacial score (nSPS) is 10.1. The highest BCUT2D eigenvalue weighted by molar-refractivity contribution is 5.94. The Bertz CT molecular complexity index is 961. The van der Waals surface area contributed by atoms with Crippen LogP contribution in [0.1, 0.15) is 20.7 Å². The fourth-order valence-electron chi connectivity index (χ4n) is 2.44. The molecule has 0 N–H and O–H groups in total. The zero-order valence-corrected chi connectivity index (χ0v) is 15.4. The van der Waals surface area contributed by atoms with Crippen molar-refractivity contribution in [2.45, 2.75) is 0 Å². The van der Waals surface area contributed by atoms with Crippen LogP contribution in [0.3, 0.4) is 0 Å². The molecule has 0 spiro atoms. The summed E-state index contributed by atoms with van der Waals surface area (Å²) in [4.78, 5) is 24.5. The number of rotatable bonds is 6. The second kappa shape index (κ2) is 8.73. The minimum absolute atomic E-state index is 0.303. The number of carbonyl (C=O) groups is 2. The zero-order valence-electron chi connectivity index (χ0n) is 15.4. The molecule has 0 aromatic heterocycles. The van der Waals surface area contributed by atoms with Gasteiger partial charge in [0.2, 0.25) is 0 Å². The molecular formula is C22H18O6. The quantitative estimate of drug-likeness (QED) is 0.474. The molecule has 6 nitrogen and oxygen atoms in total. The lowest BCUT2D eigenvalue weighted by Gasteiger charge is -2.09. The van der Waals surface area contributed by atoms with Crippen molar-refractivity contribution in [1.82, 2.24) is 0 Å². The topological polar surface area (TPSA) is 71.1 Å². The van der Waals surface area contributed by atoms with Gasteiger partial charge in [-0.1, -0.05) is 12.1 Å². The molecule has 3 rings (SSSR count). The maximum absolute atomic E-state index is 12.3. The second-order valence-electron chi connectivity index (χ2n) is 5.68. The Morgan fingerprint density at radius 3 is 1.75 bits per heavy atom. The number of para-hydroxylation sites is 1. The Hall–Kier alpha value is -3.80. The van der Waals surface area contributed by atoms with Crippen LogP contribution < -0.4 is 18.9 Å². The highest BCUT2D eigenvalue weighted by Gasteiger charge is 2.15. The smallest absolute Gasteiger partial charge is 0.347 e. The summed E-state index contributed by atoms with van der Waals surface area (Å²) in [6.45, 7) is 0. The van der Waals surface area contributed by atoms with E-state index in [4.69, 9.17) is 18.9 Å². The Morgan fingerprint density at radius 1 is 0.607 bits per heavy atom. The summed E-state index contributed by atoms with van der Waals surface area (Å²) in [6, 6.07) is 19.5. The van der Waals surface area contributed by atoms with E-state index in [-0.39, 0.29) is 0 Å². The summed E-state index contributed by atoms with van der Waals surface area (Å²) in [5, 5.41) is 0. The Labute approximate surface area is 162 Å². The van der Waals surface area contributed by atoms with Crippen LogP contribution in [0.15, 0.2) is 72.8 Å². The molecule has 0 aliphatic rings. The summed E-state index contributed by atoms with van der Waals surface area (Å²) in [5.74, 6) is 0.723. The average molecular weight is 378 g/mol. The van der Waals surface area contributed by atoms with Gasteiger partial charge in [0.05, 0.1) is 19.8 Å². The van der Waals surface area contributed by atoms with Crippen LogP contribution >= 0.6 is 0 Å². The maximum atomic E-state index is 12.3. The van der Waals surface area contributed by atoms with Crippen LogP contribution in [0.4, 0.5) is 0 Å². The zero-order chi connectivity index (χ0) is 19.9. The first-order valence-electron chi connectivity index (χ1n) is 8.42. The van der Waals surface area contributed by atoms with E-state index in [2.05, 4.69) is 0 Å². The van der Waals surface area contributed by atoms with Crippen molar-refractivity contribution in [1.29, 1.82) is 0 Å². The van der Waals surface area contributed by atoms with E-state index in [9.17, 15) is 9.59 Å². The van der Waals surface area contributed by atoms with E-state index in [0.29, 0.717) is 34.1 Å². The average Bonchev–Trinajstić information content (AvgIpc) is 2.74. The van der Waals surface area contributed by atoms with Crippen LogP contribution in [0, 0.1) is 0 Å². The van der Waals surface area contributed by atoms with E-state index in [1.807, 2.05) is 0 Å². The monoisotopic (exact) mass is 378 g/mol. The first kappa shape index (κ1) is 19.0. The van der Waals surface area contributed by atoms with Crippen molar-refractivity contribution in [3.05, 3.63) is 83.9 Å². The van der Waals surface area contributed by atoms with Crippen molar-refractivity contribution in [3.63, 3.8) is 0 Å². The molecule has 0 bridgehead atoms. The number of hydrogen-bond donors (Lipinski definition) is 0. The van der Waals surface area contributed by atoms with Gasteiger partial charge >= 0.3 is 11.9 Å². The van der Waals surface area contributed by atoms with Crippen molar-refractivity contribution >= 4 is 11.9 Å². The standard InChI is InChI=1S/C22H18O6/c1-25-16-11-13-18(14-12-16)27-21(23)15-7-9-17(10-8-15)28-22(24)19-5-3-4-6-20(19)26-2/h3-14H,1-2H3. The SMILES string of the molecule is COc1ccc(OC(=O)c2ccc(OC(=O)c3ccccc3OC)cc2)cc1. The van der Waals surface area contributed by atoms with Gasteiger partial charge in [-0.2, -0.15) is 0 Å². The third-order valence-electron chi connectivity index (χ3n) is 3.90. The molecule has 0 saturated heterocycles. The van der Waals surface area contributed by atoms with Crippen molar-refractivity contribution in [3.8, 4) is 23.0 Å². The van der Waals surface area contributed by atoms with E-state index < -0.39 is 11.9 Å². The van der Waals surface area contributed by atoms with Gasteiger partial charge in [0, 0.05) is 0 Å². The fourth-order valence-corrected chi connectivity index (χ4v) is 2.44. The molecule has 0 radical (unpaired) electrons. The van der Waals surface area contributed by atoms with Crippen molar-refractivity contribution in [2.24, 2.45) is 0 Å². The molecular weight excluding hydrogens is 360 g/mol. The molecule has 142 valence electrons. The number of hydrogen-bond acceptors (Lipinski definition) is 6. The van der Waals surface area contributed by atoms with Gasteiger partial charge < -0.3 is 18.9 Å². The molecule has 0 unspecified atom stereocenters. The predicted molar refractivity (Wildman–Crippen MR) is 102 cm³/mol. The first-order valence-corrected chi connectivity index (χ1v) is 8.42. The number of ether oxygens (including phenoxy) is 4. The lowest BCUT2D eigenvalue weighted by atomic mass is 10.2. The number of benzene rings is 3. The van der Waals surface area contributed by atoms with E-state index in [1.54, 1.807) is 55.6 Å². The summed E-state index contributed by atoms with van der Waals surface area (Å²) in [5.41, 5.74) is 0.640. The summed E-state index contributed by atoms with van der Waals surface area (Å²) >= 11 is 0. The van der Waals surface area contributed by atoms with Gasteiger partial charge in [-0.05, 0) is 60.7 Å². The maximum Gasteiger partial charge on any atom is 0.347 e. The minimum atomic E-state index is -0.550. The third-order valence-corrected chi connectivity index (χ3v) is 3.90. The van der Waals surface area contributed by atoms with Crippen molar-refractivity contribution in [2.75, 3.05) is 14.2 Å². The molecule has 3 aromatic carbocycles. The van der Waals surface area contributed by atoms with E-state index in [1.165, 1.54) is 31.4 Å². The van der Waals surface area contributed by atoms with Gasteiger partial charge in [0.25, 0.3) is 0 Å². The van der Waals surface area contributed by atoms with E-state index >= 15 is 0 Å². The first-order chi connectivity index (χ1) is 13.6. The minimum Gasteiger partial charge on any atom is -0.497 e. The van der Waals surface area contributed by atoms with Crippen LogP contribution in [0.2, 0.25) is 0 Å². The Balaban J connectivity index is 1.65. The molecule has 0 saturated carbocycles. The van der Waals surface area contributed by atoms with Gasteiger partial charge in [-0.3, -0.25) is 0 Å². The molecule has 6 heteroatoms. The van der Waals surface area contributed by atoms with Gasteiger partial charge in [-0.25, -0.2) is 9.59 Å². The van der Waals surface area contributed by atoms with E-state index in [0.717, 1.165) is 0 Å². The number of esters is 2. The molecule has 0 amide bonds. The van der Waals surface area contributed by atoms with Crippen LogP contribution in [0.5, 0.6) is 23.0 Å². The molecule has 0 atom stereocenters. The van der Waals surface area contributed by atoms with Crippen molar-refractivity contribution < 1.29 is 28.5 Å². The van der Waals surface area contributed by atoms with Gasteiger partial charge in [-0.15, -0.1) is 0 Å². The summed E-state index contributed by atoms with van der Waals surface area (Å²) in [6.07, 6.45) is 0. The van der Waals surface area contributed by atoms with Gasteiger partial charge in [0.1, 0.15) is 28.6 Å². The molecule has 0 aliphatic heterocycles. The Kier molecular flexibility index (Phi) is 5.91. The molecule has 3 aromatic rings. The molecule has 0 heterocycles. The fraction of sp³-hybridized carbons (Fsp3) is 0.0909.